The van der Waals surface area contributed by atoms with E-state index in [9.17, 15) is 9.59 Å². The summed E-state index contributed by atoms with van der Waals surface area (Å²) in [6.07, 6.45) is 5.11. The SMILES string of the molecule is COCCN1C(=O)C2(CCCCC2)NC(=O)CC1C. The Morgan fingerprint density at radius 1 is 1.32 bits per heavy atom. The summed E-state index contributed by atoms with van der Waals surface area (Å²) >= 11 is 0. The summed E-state index contributed by atoms with van der Waals surface area (Å²) in [5.41, 5.74) is -0.645. The first-order valence-corrected chi connectivity index (χ1v) is 7.20. The first kappa shape index (κ1) is 14.3. The summed E-state index contributed by atoms with van der Waals surface area (Å²) in [5.74, 6) is 0.0882. The molecule has 108 valence electrons. The lowest BCUT2D eigenvalue weighted by atomic mass is 9.80. The van der Waals surface area contributed by atoms with Crippen molar-refractivity contribution in [3.8, 4) is 0 Å². The Labute approximate surface area is 114 Å². The summed E-state index contributed by atoms with van der Waals surface area (Å²) in [5, 5.41) is 3.01. The molecule has 1 unspecified atom stereocenters. The molecule has 0 aromatic heterocycles. The normalized spacial score (nSPS) is 27.3. The van der Waals surface area contributed by atoms with Crippen LogP contribution in [0.4, 0.5) is 0 Å². The van der Waals surface area contributed by atoms with Gasteiger partial charge in [-0.2, -0.15) is 0 Å². The Bertz CT molecular complexity index is 351. The van der Waals surface area contributed by atoms with Crippen molar-refractivity contribution in [2.75, 3.05) is 20.3 Å². The topological polar surface area (TPSA) is 58.6 Å². The molecule has 2 aliphatic rings. The maximum atomic E-state index is 12.8. The molecule has 1 spiro atoms. The zero-order chi connectivity index (χ0) is 13.9. The van der Waals surface area contributed by atoms with E-state index in [0.717, 1.165) is 32.1 Å². The average Bonchev–Trinajstić information content (AvgIpc) is 2.46. The fourth-order valence-electron chi connectivity index (χ4n) is 3.23. The van der Waals surface area contributed by atoms with Crippen LogP contribution in [0, 0.1) is 0 Å². The lowest BCUT2D eigenvalue weighted by Crippen LogP contribution is -2.59. The first-order valence-electron chi connectivity index (χ1n) is 7.20. The van der Waals surface area contributed by atoms with Gasteiger partial charge >= 0.3 is 0 Å². The Hall–Kier alpha value is -1.10. The molecule has 5 heteroatoms. The standard InChI is InChI=1S/C14H24N2O3/c1-11-10-12(17)15-14(6-4-3-5-7-14)13(18)16(11)8-9-19-2/h11H,3-10H2,1-2H3,(H,15,17). The Balaban J connectivity index is 2.22. The lowest BCUT2D eigenvalue weighted by Gasteiger charge is -2.39. The minimum absolute atomic E-state index is 0.00247. The van der Waals surface area contributed by atoms with Crippen molar-refractivity contribution < 1.29 is 14.3 Å². The van der Waals surface area contributed by atoms with Crippen LogP contribution in [0.2, 0.25) is 0 Å². The first-order chi connectivity index (χ1) is 9.09. The second-order valence-corrected chi connectivity index (χ2v) is 5.74. The van der Waals surface area contributed by atoms with Crippen molar-refractivity contribution in [1.29, 1.82) is 0 Å². The minimum atomic E-state index is -0.645. The highest BCUT2D eigenvalue weighted by Crippen LogP contribution is 2.32. The number of rotatable bonds is 3. The van der Waals surface area contributed by atoms with Crippen LogP contribution < -0.4 is 5.32 Å². The molecule has 0 aromatic rings. The van der Waals surface area contributed by atoms with Gasteiger partial charge in [0, 0.05) is 26.1 Å². The second-order valence-electron chi connectivity index (χ2n) is 5.74. The van der Waals surface area contributed by atoms with Gasteiger partial charge < -0.3 is 15.0 Å². The number of carbonyl (C=O) groups excluding carboxylic acids is 2. The molecule has 1 saturated heterocycles. The molecular formula is C14H24N2O3. The summed E-state index contributed by atoms with van der Waals surface area (Å²) in [7, 11) is 1.63. The molecule has 2 rings (SSSR count). The number of hydrogen-bond donors (Lipinski definition) is 1. The van der Waals surface area contributed by atoms with E-state index in [1.54, 1.807) is 7.11 Å². The van der Waals surface area contributed by atoms with E-state index in [-0.39, 0.29) is 17.9 Å². The van der Waals surface area contributed by atoms with Gasteiger partial charge in [-0.3, -0.25) is 9.59 Å². The van der Waals surface area contributed by atoms with Gasteiger partial charge in [-0.15, -0.1) is 0 Å². The number of nitrogens with one attached hydrogen (secondary N) is 1. The highest BCUT2D eigenvalue weighted by atomic mass is 16.5. The zero-order valence-electron chi connectivity index (χ0n) is 11.9. The summed E-state index contributed by atoms with van der Waals surface area (Å²) in [6.45, 7) is 3.02. The number of hydrogen-bond acceptors (Lipinski definition) is 3. The van der Waals surface area contributed by atoms with E-state index in [1.807, 2.05) is 11.8 Å². The Kier molecular flexibility index (Phi) is 4.45. The molecule has 1 aliphatic carbocycles. The average molecular weight is 268 g/mol. The van der Waals surface area contributed by atoms with Gasteiger partial charge in [0.15, 0.2) is 0 Å². The van der Waals surface area contributed by atoms with Gasteiger partial charge in [0.2, 0.25) is 11.8 Å². The largest absolute Gasteiger partial charge is 0.383 e. The van der Waals surface area contributed by atoms with Crippen LogP contribution >= 0.6 is 0 Å². The van der Waals surface area contributed by atoms with E-state index < -0.39 is 5.54 Å². The summed E-state index contributed by atoms with van der Waals surface area (Å²) in [6, 6.07) is -0.0519. The number of ether oxygens (including phenoxy) is 1. The van der Waals surface area contributed by atoms with Crippen LogP contribution in [0.3, 0.4) is 0 Å². The highest BCUT2D eigenvalue weighted by Gasteiger charge is 2.46. The lowest BCUT2D eigenvalue weighted by molar-refractivity contribution is -0.142. The Morgan fingerprint density at radius 3 is 2.63 bits per heavy atom. The summed E-state index contributed by atoms with van der Waals surface area (Å²) < 4.78 is 5.09. The van der Waals surface area contributed by atoms with Gasteiger partial charge in [0.25, 0.3) is 0 Å². The minimum Gasteiger partial charge on any atom is -0.383 e. The zero-order valence-corrected chi connectivity index (χ0v) is 11.9. The van der Waals surface area contributed by atoms with Crippen molar-refractivity contribution in [3.63, 3.8) is 0 Å². The molecule has 1 atom stereocenters. The van der Waals surface area contributed by atoms with E-state index >= 15 is 0 Å². The van der Waals surface area contributed by atoms with Crippen molar-refractivity contribution in [2.45, 2.75) is 57.0 Å². The molecule has 1 aliphatic heterocycles. The van der Waals surface area contributed by atoms with Crippen LogP contribution in [0.1, 0.15) is 45.4 Å². The molecule has 1 N–H and O–H groups in total. The number of amides is 2. The molecule has 2 amide bonds. The molecule has 0 aromatic carbocycles. The fraction of sp³-hybridized carbons (Fsp3) is 0.857. The number of carbonyl (C=O) groups is 2. The number of methoxy groups -OCH3 is 1. The fourth-order valence-corrected chi connectivity index (χ4v) is 3.23. The monoisotopic (exact) mass is 268 g/mol. The highest BCUT2D eigenvalue weighted by molar-refractivity contribution is 5.94. The molecular weight excluding hydrogens is 244 g/mol. The third-order valence-electron chi connectivity index (χ3n) is 4.31. The van der Waals surface area contributed by atoms with Crippen LogP contribution in [0.25, 0.3) is 0 Å². The molecule has 5 nitrogen and oxygen atoms in total. The van der Waals surface area contributed by atoms with Gasteiger partial charge in [0.1, 0.15) is 5.54 Å². The number of nitrogens with zero attached hydrogens (tertiary/aromatic N) is 1. The van der Waals surface area contributed by atoms with Crippen LogP contribution in [-0.2, 0) is 14.3 Å². The van der Waals surface area contributed by atoms with Crippen LogP contribution in [0.15, 0.2) is 0 Å². The van der Waals surface area contributed by atoms with Crippen molar-refractivity contribution in [1.82, 2.24) is 10.2 Å². The van der Waals surface area contributed by atoms with Gasteiger partial charge in [-0.1, -0.05) is 19.3 Å². The molecule has 1 heterocycles. The third kappa shape index (κ3) is 2.91. The quantitative estimate of drug-likeness (QED) is 0.833. The summed E-state index contributed by atoms with van der Waals surface area (Å²) in [4.78, 5) is 26.7. The van der Waals surface area contributed by atoms with Crippen LogP contribution in [-0.4, -0.2) is 48.6 Å². The Morgan fingerprint density at radius 2 is 2.00 bits per heavy atom. The van der Waals surface area contributed by atoms with Crippen molar-refractivity contribution in [2.24, 2.45) is 0 Å². The molecule has 0 radical (unpaired) electrons. The van der Waals surface area contributed by atoms with Gasteiger partial charge in [-0.25, -0.2) is 0 Å². The maximum absolute atomic E-state index is 12.8. The van der Waals surface area contributed by atoms with Gasteiger partial charge in [0.05, 0.1) is 6.61 Å². The van der Waals surface area contributed by atoms with Gasteiger partial charge in [-0.05, 0) is 19.8 Å². The van der Waals surface area contributed by atoms with E-state index in [0.29, 0.717) is 19.6 Å². The second kappa shape index (κ2) is 5.90. The maximum Gasteiger partial charge on any atom is 0.248 e. The van der Waals surface area contributed by atoms with E-state index in [4.69, 9.17) is 4.74 Å². The smallest absolute Gasteiger partial charge is 0.248 e. The molecule has 0 bridgehead atoms. The molecule has 19 heavy (non-hydrogen) atoms. The predicted octanol–water partition coefficient (Wildman–Crippen LogP) is 1.07. The van der Waals surface area contributed by atoms with Crippen molar-refractivity contribution in [3.05, 3.63) is 0 Å². The molecule has 1 saturated carbocycles. The molecule has 2 fully saturated rings. The van der Waals surface area contributed by atoms with E-state index in [2.05, 4.69) is 5.32 Å². The van der Waals surface area contributed by atoms with E-state index in [1.165, 1.54) is 0 Å². The predicted molar refractivity (Wildman–Crippen MR) is 71.6 cm³/mol. The third-order valence-corrected chi connectivity index (χ3v) is 4.31. The van der Waals surface area contributed by atoms with Crippen molar-refractivity contribution >= 4 is 11.8 Å². The van der Waals surface area contributed by atoms with Crippen LogP contribution in [0.5, 0.6) is 0 Å².